The van der Waals surface area contributed by atoms with E-state index in [9.17, 15) is 26.7 Å². The molecule has 2 aromatic heterocycles. The van der Waals surface area contributed by atoms with Gasteiger partial charge in [-0.15, -0.1) is 0 Å². The highest BCUT2D eigenvalue weighted by Crippen LogP contribution is 2.39. The summed E-state index contributed by atoms with van der Waals surface area (Å²) in [6.07, 6.45) is -2.53. The van der Waals surface area contributed by atoms with Gasteiger partial charge in [0.25, 0.3) is 0 Å². The van der Waals surface area contributed by atoms with Gasteiger partial charge in [0.2, 0.25) is 0 Å². The maximum Gasteiger partial charge on any atom is 0.416 e. The molecule has 2 N–H and O–H groups in total. The van der Waals surface area contributed by atoms with E-state index in [4.69, 9.17) is 4.42 Å². The minimum absolute atomic E-state index is 0. The number of nitrogens with zero attached hydrogens (tertiary/aromatic N) is 2. The van der Waals surface area contributed by atoms with Crippen molar-refractivity contribution < 1.29 is 34.0 Å². The maximum absolute atomic E-state index is 13.9. The summed E-state index contributed by atoms with van der Waals surface area (Å²) < 4.78 is 72.9. The Labute approximate surface area is 157 Å². The number of furan rings is 1. The Morgan fingerprint density at radius 2 is 1.82 bits per heavy atom. The molecule has 152 valence electrons. The number of hydrogen-bond acceptors (Lipinski definition) is 4. The summed E-state index contributed by atoms with van der Waals surface area (Å²) in [4.78, 5) is 19.6. The van der Waals surface area contributed by atoms with Gasteiger partial charge in [-0.2, -0.15) is 13.2 Å². The highest BCUT2D eigenvalue weighted by Gasteiger charge is 2.45. The molecule has 0 aliphatic carbocycles. The molecule has 0 spiro atoms. The van der Waals surface area contributed by atoms with Gasteiger partial charge in [0.05, 0.1) is 18.1 Å². The van der Waals surface area contributed by atoms with Crippen LogP contribution in [0.3, 0.4) is 0 Å². The van der Waals surface area contributed by atoms with Crippen molar-refractivity contribution in [2.75, 3.05) is 5.32 Å². The number of aromatic nitrogens is 2. The molecule has 0 radical (unpaired) electrons. The van der Waals surface area contributed by atoms with Gasteiger partial charge < -0.3 is 15.1 Å². The number of hydrogen-bond donors (Lipinski definition) is 2. The van der Waals surface area contributed by atoms with Crippen molar-refractivity contribution >= 4 is 22.7 Å². The number of urea groups is 1. The van der Waals surface area contributed by atoms with Gasteiger partial charge in [-0.25, -0.2) is 23.5 Å². The maximum atomic E-state index is 13.9. The first-order chi connectivity index (χ1) is 13.1. The molecule has 11 heteroatoms. The van der Waals surface area contributed by atoms with Crippen LogP contribution in [0.2, 0.25) is 0 Å². The van der Waals surface area contributed by atoms with Crippen molar-refractivity contribution in [2.24, 2.45) is 0 Å². The van der Waals surface area contributed by atoms with Crippen molar-refractivity contribution in [2.45, 2.75) is 26.1 Å². The SMILES string of the molecule is Cc1ncc(NC(=O)N[C@@H](c2oc3c(F)cc(F)cc3c2C)C(F)(F)F)cn1.[HH].[HH]. The van der Waals surface area contributed by atoms with E-state index in [2.05, 4.69) is 15.3 Å². The number of nitrogens with one attached hydrogen (secondary N) is 2. The minimum Gasteiger partial charge on any atom is -0.455 e. The van der Waals surface area contributed by atoms with Crippen LogP contribution in [0.15, 0.2) is 28.9 Å². The van der Waals surface area contributed by atoms with Crippen LogP contribution in [0.1, 0.15) is 26.0 Å². The molecule has 2 amide bonds. The van der Waals surface area contributed by atoms with Crippen LogP contribution in [-0.2, 0) is 0 Å². The van der Waals surface area contributed by atoms with Gasteiger partial charge in [-0.05, 0) is 19.9 Å². The Morgan fingerprint density at radius 1 is 1.18 bits per heavy atom. The highest BCUT2D eigenvalue weighted by molar-refractivity contribution is 5.89. The Kier molecular flexibility index (Phi) is 4.92. The largest absolute Gasteiger partial charge is 0.455 e. The smallest absolute Gasteiger partial charge is 0.416 e. The second kappa shape index (κ2) is 7.06. The predicted molar refractivity (Wildman–Crippen MR) is 92.8 cm³/mol. The molecule has 0 saturated heterocycles. The van der Waals surface area contributed by atoms with E-state index in [1.165, 1.54) is 19.3 Å². The molecule has 6 nitrogen and oxygen atoms in total. The zero-order valence-electron chi connectivity index (χ0n) is 14.5. The summed E-state index contributed by atoms with van der Waals surface area (Å²) in [6.45, 7) is 2.81. The quantitative estimate of drug-likeness (QED) is 0.600. The second-order valence-corrected chi connectivity index (χ2v) is 5.95. The molecule has 2 heterocycles. The van der Waals surface area contributed by atoms with Crippen LogP contribution >= 0.6 is 0 Å². The van der Waals surface area contributed by atoms with E-state index in [1.54, 1.807) is 12.2 Å². The highest BCUT2D eigenvalue weighted by atomic mass is 19.4. The Balaban J connectivity index is 0.00000225. The van der Waals surface area contributed by atoms with E-state index >= 15 is 0 Å². The fourth-order valence-corrected chi connectivity index (χ4v) is 2.59. The molecule has 0 fully saturated rings. The molecular formula is C17H17F5N4O2. The van der Waals surface area contributed by atoms with Gasteiger partial charge in [0, 0.05) is 19.9 Å². The summed E-state index contributed by atoms with van der Waals surface area (Å²) in [7, 11) is 0. The number of aryl methyl sites for hydroxylation is 2. The number of carbonyl (C=O) groups is 1. The lowest BCUT2D eigenvalue weighted by Gasteiger charge is -2.20. The van der Waals surface area contributed by atoms with Crippen LogP contribution < -0.4 is 10.6 Å². The summed E-state index contributed by atoms with van der Waals surface area (Å²) in [5.74, 6) is -2.45. The lowest BCUT2D eigenvalue weighted by Crippen LogP contribution is -2.40. The fraction of sp³-hybridized carbons (Fsp3) is 0.235. The lowest BCUT2D eigenvalue weighted by molar-refractivity contribution is -0.158. The van der Waals surface area contributed by atoms with Crippen molar-refractivity contribution in [3.05, 3.63) is 53.3 Å². The van der Waals surface area contributed by atoms with Gasteiger partial charge in [0.1, 0.15) is 17.4 Å². The third kappa shape index (κ3) is 3.87. The fourth-order valence-electron chi connectivity index (χ4n) is 2.59. The number of rotatable bonds is 3. The average Bonchev–Trinajstić information content (AvgIpc) is 2.91. The summed E-state index contributed by atoms with van der Waals surface area (Å²) in [6, 6.07) is -2.44. The number of benzene rings is 1. The predicted octanol–water partition coefficient (Wildman–Crippen LogP) is 5.03. The molecule has 1 atom stereocenters. The molecular weight excluding hydrogens is 387 g/mol. The van der Waals surface area contributed by atoms with E-state index in [0.717, 1.165) is 6.07 Å². The molecule has 0 saturated carbocycles. The topological polar surface area (TPSA) is 80.0 Å². The van der Waals surface area contributed by atoms with Gasteiger partial charge in [-0.3, -0.25) is 0 Å². The minimum atomic E-state index is -4.96. The number of fused-ring (bicyclic) bond motifs is 1. The number of carbonyl (C=O) groups excluding carboxylic acids is 1. The zero-order valence-corrected chi connectivity index (χ0v) is 14.5. The first kappa shape index (κ1) is 19.5. The Bertz CT molecular complexity index is 1040. The van der Waals surface area contributed by atoms with E-state index < -0.39 is 41.2 Å². The van der Waals surface area contributed by atoms with Crippen molar-refractivity contribution in [3.63, 3.8) is 0 Å². The van der Waals surface area contributed by atoms with E-state index in [0.29, 0.717) is 11.9 Å². The van der Waals surface area contributed by atoms with Crippen LogP contribution in [-0.4, -0.2) is 22.2 Å². The van der Waals surface area contributed by atoms with Crippen molar-refractivity contribution in [1.29, 1.82) is 0 Å². The standard InChI is InChI=1S/C17H13F5N4O2.2H2/c1-7-11-3-9(18)4-12(19)14(11)28-13(7)15(17(20,21)22)26-16(27)25-10-5-23-8(2)24-6-10;;/h3-6,15H,1-2H3,(H2,25,26,27);2*1H/t15-;;/m0../s1. The summed E-state index contributed by atoms with van der Waals surface area (Å²) in [5, 5.41) is 3.74. The molecule has 1 aromatic carbocycles. The summed E-state index contributed by atoms with van der Waals surface area (Å²) >= 11 is 0. The first-order valence-corrected chi connectivity index (χ1v) is 7.87. The van der Waals surface area contributed by atoms with Gasteiger partial charge >= 0.3 is 12.2 Å². The average molecular weight is 404 g/mol. The molecule has 0 unspecified atom stereocenters. The number of alkyl halides is 3. The zero-order chi connectivity index (χ0) is 20.6. The van der Waals surface area contributed by atoms with Gasteiger partial charge in [-0.1, -0.05) is 0 Å². The first-order valence-electron chi connectivity index (χ1n) is 7.87. The number of halogens is 5. The van der Waals surface area contributed by atoms with Crippen LogP contribution in [0.4, 0.5) is 32.4 Å². The lowest BCUT2D eigenvalue weighted by atomic mass is 10.1. The van der Waals surface area contributed by atoms with E-state index in [-0.39, 0.29) is 19.5 Å². The Morgan fingerprint density at radius 3 is 2.43 bits per heavy atom. The molecule has 28 heavy (non-hydrogen) atoms. The Hall–Kier alpha value is -3.24. The molecule has 3 rings (SSSR count). The van der Waals surface area contributed by atoms with Crippen LogP contribution in [0, 0.1) is 25.5 Å². The van der Waals surface area contributed by atoms with Gasteiger partial charge in [0.15, 0.2) is 17.4 Å². The third-order valence-corrected chi connectivity index (χ3v) is 3.90. The molecule has 0 aliphatic heterocycles. The van der Waals surface area contributed by atoms with Crippen molar-refractivity contribution in [3.8, 4) is 0 Å². The van der Waals surface area contributed by atoms with Crippen molar-refractivity contribution in [1.82, 2.24) is 15.3 Å². The van der Waals surface area contributed by atoms with Crippen LogP contribution in [0.5, 0.6) is 0 Å². The second-order valence-electron chi connectivity index (χ2n) is 5.95. The monoisotopic (exact) mass is 404 g/mol. The number of amides is 2. The summed E-state index contributed by atoms with van der Waals surface area (Å²) in [5.41, 5.74) is -0.606. The van der Waals surface area contributed by atoms with E-state index in [1.807, 2.05) is 0 Å². The number of anilines is 1. The third-order valence-electron chi connectivity index (χ3n) is 3.90. The normalized spacial score (nSPS) is 12.8. The van der Waals surface area contributed by atoms with Crippen LogP contribution in [0.25, 0.3) is 11.0 Å². The molecule has 0 bridgehead atoms. The molecule has 3 aromatic rings. The molecule has 0 aliphatic rings.